The number of nitrogens with one attached hydrogen (secondary N) is 3. The zero-order chi connectivity index (χ0) is 21.2. The van der Waals surface area contributed by atoms with Crippen molar-refractivity contribution in [3.8, 4) is 0 Å². The molecule has 0 saturated carbocycles. The van der Waals surface area contributed by atoms with Gasteiger partial charge in [-0.25, -0.2) is 0 Å². The van der Waals surface area contributed by atoms with Crippen LogP contribution >= 0.6 is 0 Å². The Morgan fingerprint density at radius 3 is 2.38 bits per heavy atom. The molecule has 7 heteroatoms. The number of rotatable bonds is 9. The van der Waals surface area contributed by atoms with Gasteiger partial charge >= 0.3 is 0 Å². The number of aromatic nitrogens is 1. The van der Waals surface area contributed by atoms with Crippen LogP contribution in [0, 0.1) is 19.4 Å². The molecule has 1 aromatic heterocycles. The Balaban J connectivity index is 2.02. The summed E-state index contributed by atoms with van der Waals surface area (Å²) in [6, 6.07) is 11.1. The number of hydrogen-bond acceptors (Lipinski definition) is 4. The van der Waals surface area contributed by atoms with E-state index in [0.717, 1.165) is 5.56 Å². The third-order valence-electron chi connectivity index (χ3n) is 4.13. The van der Waals surface area contributed by atoms with Crippen LogP contribution in [0.1, 0.15) is 46.7 Å². The molecule has 7 nitrogen and oxygen atoms in total. The molecule has 3 amide bonds. The summed E-state index contributed by atoms with van der Waals surface area (Å²) in [6.45, 7) is 7.61. The molecule has 1 aromatic carbocycles. The van der Waals surface area contributed by atoms with Crippen LogP contribution in [0.3, 0.4) is 0 Å². The highest BCUT2D eigenvalue weighted by molar-refractivity contribution is 5.97. The van der Waals surface area contributed by atoms with Gasteiger partial charge in [-0.2, -0.15) is 0 Å². The first-order chi connectivity index (χ1) is 13.9. The Morgan fingerprint density at radius 1 is 1.03 bits per heavy atom. The number of pyridine rings is 1. The third-order valence-corrected chi connectivity index (χ3v) is 4.13. The Labute approximate surface area is 171 Å². The fourth-order valence-corrected chi connectivity index (χ4v) is 2.44. The predicted molar refractivity (Wildman–Crippen MR) is 111 cm³/mol. The highest BCUT2D eigenvalue weighted by atomic mass is 16.2. The lowest BCUT2D eigenvalue weighted by atomic mass is 10.1. The lowest BCUT2D eigenvalue weighted by Gasteiger charge is -2.19. The molecule has 29 heavy (non-hydrogen) atoms. The molecule has 0 spiro atoms. The molecule has 0 aliphatic carbocycles. The van der Waals surface area contributed by atoms with Crippen molar-refractivity contribution in [2.45, 2.75) is 33.2 Å². The van der Waals surface area contributed by atoms with Crippen molar-refractivity contribution in [3.63, 3.8) is 0 Å². The van der Waals surface area contributed by atoms with Gasteiger partial charge in [-0.05, 0) is 43.5 Å². The molecule has 1 atom stereocenters. The van der Waals surface area contributed by atoms with Gasteiger partial charge in [0, 0.05) is 24.8 Å². The average molecular weight is 395 g/mol. The first-order valence-electron chi connectivity index (χ1n) is 9.55. The van der Waals surface area contributed by atoms with Crippen molar-refractivity contribution in [1.29, 1.82) is 0 Å². The highest BCUT2D eigenvalue weighted by Gasteiger charge is 2.23. The number of benzene rings is 1. The average Bonchev–Trinajstić information content (AvgIpc) is 2.71. The largest absolute Gasteiger partial charge is 0.349 e. The molecule has 0 saturated heterocycles. The van der Waals surface area contributed by atoms with Crippen molar-refractivity contribution in [2.75, 3.05) is 6.54 Å². The lowest BCUT2D eigenvalue weighted by Crippen LogP contribution is -2.52. The number of aryl methyl sites for hydroxylation is 1. The summed E-state index contributed by atoms with van der Waals surface area (Å²) >= 11 is 0. The number of nitrogens with zero attached hydrogens (tertiary/aromatic N) is 1. The second kappa shape index (κ2) is 10.9. The first-order valence-corrected chi connectivity index (χ1v) is 9.55. The van der Waals surface area contributed by atoms with Gasteiger partial charge in [0.1, 0.15) is 11.7 Å². The van der Waals surface area contributed by atoms with Crippen molar-refractivity contribution < 1.29 is 14.4 Å². The van der Waals surface area contributed by atoms with Crippen LogP contribution in [-0.2, 0) is 4.79 Å². The molecule has 0 fully saturated rings. The van der Waals surface area contributed by atoms with Gasteiger partial charge in [0.15, 0.2) is 0 Å². The zero-order valence-electron chi connectivity index (χ0n) is 16.9. The van der Waals surface area contributed by atoms with E-state index in [4.69, 9.17) is 0 Å². The fourth-order valence-electron chi connectivity index (χ4n) is 2.44. The van der Waals surface area contributed by atoms with E-state index >= 15 is 0 Å². The monoisotopic (exact) mass is 395 g/mol. The molecule has 2 rings (SSSR count). The number of carbonyl (C=O) groups is 3. The van der Waals surface area contributed by atoms with Crippen LogP contribution in [0.15, 0.2) is 48.7 Å². The molecule has 3 N–H and O–H groups in total. The van der Waals surface area contributed by atoms with Crippen molar-refractivity contribution in [2.24, 2.45) is 5.92 Å². The minimum Gasteiger partial charge on any atom is -0.349 e. The Morgan fingerprint density at radius 2 is 1.76 bits per heavy atom. The van der Waals surface area contributed by atoms with Gasteiger partial charge in [-0.1, -0.05) is 37.6 Å². The summed E-state index contributed by atoms with van der Waals surface area (Å²) in [6.07, 6.45) is 2.20. The zero-order valence-corrected chi connectivity index (χ0v) is 16.9. The highest BCUT2D eigenvalue weighted by Crippen LogP contribution is 2.04. The maximum atomic E-state index is 12.6. The van der Waals surface area contributed by atoms with Crippen molar-refractivity contribution >= 4 is 17.7 Å². The molecular formula is C22H27N4O3. The molecule has 1 heterocycles. The van der Waals surface area contributed by atoms with Gasteiger partial charge in [0.25, 0.3) is 11.8 Å². The summed E-state index contributed by atoms with van der Waals surface area (Å²) in [5, 5.41) is 8.04. The summed E-state index contributed by atoms with van der Waals surface area (Å²) in [4.78, 5) is 41.3. The molecule has 0 bridgehead atoms. The Kier molecular flexibility index (Phi) is 8.33. The van der Waals surface area contributed by atoms with E-state index in [2.05, 4.69) is 20.9 Å². The summed E-state index contributed by atoms with van der Waals surface area (Å²) < 4.78 is 0. The SMILES string of the molecule is Cc1ccc(C(=O)NC[C@H](NC(=O)c2ccccn2)C(=O)N[CH]CC(C)C)cc1. The summed E-state index contributed by atoms with van der Waals surface area (Å²) in [5.41, 5.74) is 1.72. The number of hydrogen-bond donors (Lipinski definition) is 3. The van der Waals surface area contributed by atoms with Crippen molar-refractivity contribution in [1.82, 2.24) is 20.9 Å². The van der Waals surface area contributed by atoms with Crippen LogP contribution in [0.4, 0.5) is 0 Å². The Hall–Kier alpha value is -3.22. The van der Waals surface area contributed by atoms with E-state index in [1.54, 1.807) is 36.9 Å². The van der Waals surface area contributed by atoms with Gasteiger partial charge in [0.05, 0.1) is 0 Å². The molecular weight excluding hydrogens is 368 g/mol. The standard InChI is InChI=1S/C22H27N4O3/c1-15(2)11-13-24-21(28)19(26-22(29)18-6-4-5-12-23-18)14-25-20(27)17-9-7-16(3)8-10-17/h4-10,12-13,15,19H,11,14H2,1-3H3,(H,24,28)(H,25,27)(H,26,29)/t19-/m0/s1. The van der Waals surface area contributed by atoms with Gasteiger partial charge in [-0.15, -0.1) is 0 Å². The molecule has 0 unspecified atom stereocenters. The van der Waals surface area contributed by atoms with E-state index in [0.29, 0.717) is 17.9 Å². The predicted octanol–water partition coefficient (Wildman–Crippen LogP) is 2.24. The van der Waals surface area contributed by atoms with E-state index in [-0.39, 0.29) is 18.1 Å². The summed E-state index contributed by atoms with van der Waals surface area (Å²) in [5.74, 6) is -0.822. The van der Waals surface area contributed by atoms with Crippen LogP contribution in [0.2, 0.25) is 0 Å². The van der Waals surface area contributed by atoms with E-state index in [1.807, 2.05) is 32.9 Å². The maximum Gasteiger partial charge on any atom is 0.270 e. The van der Waals surface area contributed by atoms with Crippen LogP contribution < -0.4 is 16.0 Å². The molecule has 0 aliphatic heterocycles. The quantitative estimate of drug-likeness (QED) is 0.606. The molecule has 153 valence electrons. The van der Waals surface area contributed by atoms with Crippen LogP contribution in [0.25, 0.3) is 0 Å². The van der Waals surface area contributed by atoms with Gasteiger partial charge in [0.2, 0.25) is 5.91 Å². The van der Waals surface area contributed by atoms with Crippen LogP contribution in [-0.4, -0.2) is 35.3 Å². The second-order valence-corrected chi connectivity index (χ2v) is 7.16. The van der Waals surface area contributed by atoms with Crippen LogP contribution in [0.5, 0.6) is 0 Å². The lowest BCUT2D eigenvalue weighted by molar-refractivity contribution is -0.122. The van der Waals surface area contributed by atoms with Crippen molar-refractivity contribution in [3.05, 3.63) is 72.0 Å². The number of carbonyl (C=O) groups excluding carboxylic acids is 3. The van der Waals surface area contributed by atoms with Gasteiger partial charge < -0.3 is 16.0 Å². The number of amides is 3. The van der Waals surface area contributed by atoms with E-state index in [9.17, 15) is 14.4 Å². The minimum atomic E-state index is -0.942. The van der Waals surface area contributed by atoms with Gasteiger partial charge in [-0.3, -0.25) is 19.4 Å². The topological polar surface area (TPSA) is 100 Å². The summed E-state index contributed by atoms with van der Waals surface area (Å²) in [7, 11) is 0. The first kappa shape index (κ1) is 22.1. The second-order valence-electron chi connectivity index (χ2n) is 7.16. The molecule has 2 aromatic rings. The molecule has 1 radical (unpaired) electrons. The normalized spacial score (nSPS) is 11.6. The fraction of sp³-hybridized carbons (Fsp3) is 0.318. The maximum absolute atomic E-state index is 12.6. The smallest absolute Gasteiger partial charge is 0.270 e. The minimum absolute atomic E-state index is 0.0490. The van der Waals surface area contributed by atoms with E-state index < -0.39 is 17.9 Å². The third kappa shape index (κ3) is 7.37. The Bertz CT molecular complexity index is 820. The molecule has 0 aliphatic rings. The van der Waals surface area contributed by atoms with E-state index in [1.165, 1.54) is 6.20 Å².